The molecule has 0 radical (unpaired) electrons. The van der Waals surface area contributed by atoms with Gasteiger partial charge in [0.15, 0.2) is 0 Å². The normalized spacial score (nSPS) is 12.8. The fourth-order valence-electron chi connectivity index (χ4n) is 3.11. The molecule has 0 aliphatic carbocycles. The molecule has 2 amide bonds. The highest BCUT2D eigenvalue weighted by molar-refractivity contribution is 5.89. The molecule has 0 fully saturated rings. The van der Waals surface area contributed by atoms with Crippen LogP contribution in [0, 0.1) is 0 Å². The van der Waals surface area contributed by atoms with E-state index in [1.165, 1.54) is 0 Å². The maximum absolute atomic E-state index is 13.1. The van der Waals surface area contributed by atoms with Crippen LogP contribution in [0.2, 0.25) is 0 Å². The number of carbonyl (C=O) groups excluding carboxylic acids is 2. The second kappa shape index (κ2) is 11.9. The summed E-state index contributed by atoms with van der Waals surface area (Å²) in [6.45, 7) is 7.56. The van der Waals surface area contributed by atoms with Crippen molar-refractivity contribution in [2.45, 2.75) is 58.2 Å². The van der Waals surface area contributed by atoms with Gasteiger partial charge in [0, 0.05) is 12.8 Å². The van der Waals surface area contributed by atoms with Crippen molar-refractivity contribution < 1.29 is 29.0 Å². The van der Waals surface area contributed by atoms with Gasteiger partial charge in [-0.05, 0) is 51.0 Å². The van der Waals surface area contributed by atoms with Crippen molar-refractivity contribution in [2.24, 2.45) is 0 Å². The summed E-state index contributed by atoms with van der Waals surface area (Å²) < 4.78 is 10.7. The molecule has 0 aliphatic heterocycles. The van der Waals surface area contributed by atoms with E-state index in [4.69, 9.17) is 9.47 Å². The molecule has 0 aromatic heterocycles. The first kappa shape index (κ1) is 25.7. The Morgan fingerprint density at radius 3 is 2.00 bits per heavy atom. The number of carboxylic acids is 1. The van der Waals surface area contributed by atoms with E-state index in [0.29, 0.717) is 12.4 Å². The number of amides is 2. The van der Waals surface area contributed by atoms with Crippen molar-refractivity contribution in [3.8, 4) is 5.75 Å². The van der Waals surface area contributed by atoms with Crippen LogP contribution in [0.5, 0.6) is 5.75 Å². The van der Waals surface area contributed by atoms with E-state index in [0.717, 1.165) is 11.1 Å². The second-order valence-corrected chi connectivity index (χ2v) is 8.57. The van der Waals surface area contributed by atoms with Gasteiger partial charge in [-0.25, -0.2) is 9.59 Å². The predicted octanol–water partition coefficient (Wildman–Crippen LogP) is 3.33. The lowest BCUT2D eigenvalue weighted by Gasteiger charge is -2.24. The van der Waals surface area contributed by atoms with Gasteiger partial charge in [0.05, 0.1) is 6.61 Å². The number of rotatable bonds is 10. The van der Waals surface area contributed by atoms with Crippen LogP contribution >= 0.6 is 0 Å². The van der Waals surface area contributed by atoms with Crippen LogP contribution in [0.1, 0.15) is 38.8 Å². The molecule has 2 rings (SSSR count). The number of benzene rings is 2. The van der Waals surface area contributed by atoms with E-state index in [2.05, 4.69) is 10.6 Å². The van der Waals surface area contributed by atoms with Crippen molar-refractivity contribution in [3.05, 3.63) is 65.7 Å². The lowest BCUT2D eigenvalue weighted by molar-refractivity contribution is -0.142. The second-order valence-electron chi connectivity index (χ2n) is 8.57. The van der Waals surface area contributed by atoms with Gasteiger partial charge >= 0.3 is 12.1 Å². The number of aliphatic carboxylic acids is 1. The molecule has 0 heterocycles. The summed E-state index contributed by atoms with van der Waals surface area (Å²) >= 11 is 0. The Hall–Kier alpha value is -3.55. The Morgan fingerprint density at radius 2 is 1.45 bits per heavy atom. The minimum Gasteiger partial charge on any atom is -0.494 e. The predicted molar refractivity (Wildman–Crippen MR) is 124 cm³/mol. The Morgan fingerprint density at radius 1 is 0.879 bits per heavy atom. The van der Waals surface area contributed by atoms with Gasteiger partial charge < -0.3 is 25.2 Å². The molecule has 33 heavy (non-hydrogen) atoms. The summed E-state index contributed by atoms with van der Waals surface area (Å²) in [7, 11) is 0. The summed E-state index contributed by atoms with van der Waals surface area (Å²) in [5, 5.41) is 14.8. The Balaban J connectivity index is 2.17. The Bertz CT molecular complexity index is 922. The van der Waals surface area contributed by atoms with Gasteiger partial charge in [-0.2, -0.15) is 0 Å². The highest BCUT2D eigenvalue weighted by Gasteiger charge is 2.28. The summed E-state index contributed by atoms with van der Waals surface area (Å²) in [4.78, 5) is 37.2. The minimum atomic E-state index is -1.16. The SMILES string of the molecule is CCOc1ccc(C[C@@H](NC(=O)OC(C)(C)C)C(=O)N[C@@H](Cc2ccccc2)C(=O)O)cc1. The minimum absolute atomic E-state index is 0.115. The van der Waals surface area contributed by atoms with Gasteiger partial charge in [-0.15, -0.1) is 0 Å². The lowest BCUT2D eigenvalue weighted by Crippen LogP contribution is -2.53. The molecule has 0 aliphatic rings. The van der Waals surface area contributed by atoms with Gasteiger partial charge in [-0.1, -0.05) is 42.5 Å². The largest absolute Gasteiger partial charge is 0.494 e. The number of carboxylic acid groups (broad SMARTS) is 1. The van der Waals surface area contributed by atoms with Crippen LogP contribution < -0.4 is 15.4 Å². The van der Waals surface area contributed by atoms with Crippen LogP contribution in [0.3, 0.4) is 0 Å². The third-order valence-electron chi connectivity index (χ3n) is 4.58. The zero-order chi connectivity index (χ0) is 24.4. The van der Waals surface area contributed by atoms with E-state index in [9.17, 15) is 19.5 Å². The Kier molecular flexibility index (Phi) is 9.27. The highest BCUT2D eigenvalue weighted by atomic mass is 16.6. The first-order chi connectivity index (χ1) is 15.6. The molecule has 8 heteroatoms. The molecule has 0 bridgehead atoms. The lowest BCUT2D eigenvalue weighted by atomic mass is 10.0. The first-order valence-electron chi connectivity index (χ1n) is 10.9. The average molecular weight is 457 g/mol. The van der Waals surface area contributed by atoms with Gasteiger partial charge in [0.2, 0.25) is 5.91 Å². The smallest absolute Gasteiger partial charge is 0.408 e. The maximum Gasteiger partial charge on any atom is 0.408 e. The molecule has 0 unspecified atom stereocenters. The summed E-state index contributed by atoms with van der Waals surface area (Å²) in [5.41, 5.74) is 0.791. The van der Waals surface area contributed by atoms with Crippen LogP contribution in [-0.4, -0.2) is 47.4 Å². The quantitative estimate of drug-likeness (QED) is 0.505. The summed E-state index contributed by atoms with van der Waals surface area (Å²) in [6.07, 6.45) is -0.497. The third kappa shape index (κ3) is 9.22. The fraction of sp³-hybridized carbons (Fsp3) is 0.400. The fourth-order valence-corrected chi connectivity index (χ4v) is 3.11. The van der Waals surface area contributed by atoms with Crippen molar-refractivity contribution in [3.63, 3.8) is 0 Å². The summed E-state index contributed by atoms with van der Waals surface area (Å²) in [5.74, 6) is -1.08. The number of nitrogens with one attached hydrogen (secondary N) is 2. The van der Waals surface area contributed by atoms with E-state index in [-0.39, 0.29) is 12.8 Å². The maximum atomic E-state index is 13.1. The van der Waals surface area contributed by atoms with E-state index in [1.54, 1.807) is 69.3 Å². The van der Waals surface area contributed by atoms with Crippen LogP contribution in [-0.2, 0) is 27.2 Å². The monoisotopic (exact) mass is 456 g/mol. The zero-order valence-corrected chi connectivity index (χ0v) is 19.5. The van der Waals surface area contributed by atoms with E-state index in [1.807, 2.05) is 13.0 Å². The third-order valence-corrected chi connectivity index (χ3v) is 4.58. The van der Waals surface area contributed by atoms with Crippen LogP contribution in [0.25, 0.3) is 0 Å². The number of ether oxygens (including phenoxy) is 2. The van der Waals surface area contributed by atoms with Gasteiger partial charge in [0.25, 0.3) is 0 Å². The Labute approximate surface area is 194 Å². The molecule has 0 saturated carbocycles. The molecule has 2 atom stereocenters. The first-order valence-corrected chi connectivity index (χ1v) is 10.9. The number of hydrogen-bond donors (Lipinski definition) is 3. The van der Waals surface area contributed by atoms with Gasteiger partial charge in [-0.3, -0.25) is 4.79 Å². The van der Waals surface area contributed by atoms with Crippen molar-refractivity contribution in [1.82, 2.24) is 10.6 Å². The molecule has 3 N–H and O–H groups in total. The molecule has 2 aromatic rings. The van der Waals surface area contributed by atoms with Crippen molar-refractivity contribution in [1.29, 1.82) is 0 Å². The number of carbonyl (C=O) groups is 3. The molecule has 0 spiro atoms. The van der Waals surface area contributed by atoms with E-state index >= 15 is 0 Å². The number of hydrogen-bond acceptors (Lipinski definition) is 5. The topological polar surface area (TPSA) is 114 Å². The van der Waals surface area contributed by atoms with Crippen molar-refractivity contribution >= 4 is 18.0 Å². The molecule has 0 saturated heterocycles. The molecule has 178 valence electrons. The molecule has 8 nitrogen and oxygen atoms in total. The average Bonchev–Trinajstić information content (AvgIpc) is 2.73. The van der Waals surface area contributed by atoms with Crippen molar-refractivity contribution in [2.75, 3.05) is 6.61 Å². The molecule has 2 aromatic carbocycles. The molecular weight excluding hydrogens is 424 g/mol. The number of alkyl carbamates (subject to hydrolysis) is 1. The van der Waals surface area contributed by atoms with E-state index < -0.39 is 35.7 Å². The summed E-state index contributed by atoms with van der Waals surface area (Å²) in [6, 6.07) is 14.0. The van der Waals surface area contributed by atoms with Crippen LogP contribution in [0.15, 0.2) is 54.6 Å². The van der Waals surface area contributed by atoms with Crippen LogP contribution in [0.4, 0.5) is 4.79 Å². The van der Waals surface area contributed by atoms with Gasteiger partial charge in [0.1, 0.15) is 23.4 Å². The highest BCUT2D eigenvalue weighted by Crippen LogP contribution is 2.14. The zero-order valence-electron chi connectivity index (χ0n) is 19.5. The molecular formula is C25H32N2O6. The standard InChI is InChI=1S/C25H32N2O6/c1-5-32-19-13-11-18(12-14-19)15-20(27-24(31)33-25(2,3)4)22(28)26-21(23(29)30)16-17-9-7-6-8-10-17/h6-14,20-21H,5,15-16H2,1-4H3,(H,26,28)(H,27,31)(H,29,30)/t20-,21+/m1/s1.